The second-order valence-electron chi connectivity index (χ2n) is 12.6. The number of para-hydroxylation sites is 3. The minimum absolute atomic E-state index is 0.244. The quantitative estimate of drug-likeness (QED) is 0.161. The molecule has 0 saturated heterocycles. The maximum atomic E-state index is 6.43. The van der Waals surface area contributed by atoms with Gasteiger partial charge in [-0.15, -0.1) is 0 Å². The van der Waals surface area contributed by atoms with Crippen LogP contribution in [0.5, 0.6) is 0 Å². The summed E-state index contributed by atoms with van der Waals surface area (Å²) in [4.78, 5) is 4.69. The van der Waals surface area contributed by atoms with Gasteiger partial charge in [-0.2, -0.15) is 0 Å². The van der Waals surface area contributed by atoms with Gasteiger partial charge in [0.1, 0.15) is 0 Å². The van der Waals surface area contributed by atoms with Gasteiger partial charge in [0.25, 0.3) is 0 Å². The Bertz CT molecular complexity index is 2800. The van der Waals surface area contributed by atoms with Crippen molar-refractivity contribution < 1.29 is 4.42 Å². The zero-order valence-electron chi connectivity index (χ0n) is 27.0. The molecule has 0 spiro atoms. The van der Waals surface area contributed by atoms with Gasteiger partial charge >= 0.3 is 285 Å². The zero-order valence-corrected chi connectivity index (χ0v) is 28.7. The molecule has 2 heterocycles. The third-order valence-corrected chi connectivity index (χ3v) is 12.2. The molecule has 8 aromatic carbocycles. The van der Waals surface area contributed by atoms with Crippen LogP contribution in [-0.4, -0.2) is 14.5 Å². The van der Waals surface area contributed by atoms with Crippen LogP contribution in [0.1, 0.15) is 0 Å². The van der Waals surface area contributed by atoms with Crippen molar-refractivity contribution >= 4 is 101 Å². The Balaban J connectivity index is 1.20. The molecule has 2 aromatic heterocycles. The molecular formula is C46H30N2OSe. The van der Waals surface area contributed by atoms with E-state index in [1.54, 1.807) is 0 Å². The van der Waals surface area contributed by atoms with Crippen LogP contribution in [0, 0.1) is 0 Å². The number of hydrogen-bond donors (Lipinski definition) is 0. The van der Waals surface area contributed by atoms with Crippen LogP contribution in [0.25, 0.3) is 52.0 Å². The van der Waals surface area contributed by atoms with Crippen molar-refractivity contribution in [3.63, 3.8) is 0 Å². The molecule has 0 N–H and O–H groups in total. The van der Waals surface area contributed by atoms with E-state index in [1.807, 2.05) is 12.1 Å². The third-order valence-electron chi connectivity index (χ3n) is 9.60. The van der Waals surface area contributed by atoms with Gasteiger partial charge < -0.3 is 0 Å². The van der Waals surface area contributed by atoms with E-state index in [9.17, 15) is 0 Å². The normalized spacial score (nSPS) is 11.6. The Labute approximate surface area is 295 Å². The molecule has 10 rings (SSSR count). The van der Waals surface area contributed by atoms with Gasteiger partial charge in [-0.3, -0.25) is 0 Å². The van der Waals surface area contributed by atoms with Crippen LogP contribution in [0.3, 0.4) is 0 Å². The molecule has 0 unspecified atom stereocenters. The Morgan fingerprint density at radius 1 is 0.340 bits per heavy atom. The maximum absolute atomic E-state index is 6.43. The number of rotatable bonds is 6. The molecule has 0 atom stereocenters. The predicted molar refractivity (Wildman–Crippen MR) is 213 cm³/mol. The van der Waals surface area contributed by atoms with E-state index < -0.39 is 0 Å². The van der Waals surface area contributed by atoms with Gasteiger partial charge in [0.15, 0.2) is 0 Å². The summed E-state index contributed by atoms with van der Waals surface area (Å²) in [6, 6.07) is 65.3. The van der Waals surface area contributed by atoms with Gasteiger partial charge in [0, 0.05) is 0 Å². The first-order valence-corrected chi connectivity index (χ1v) is 18.6. The van der Waals surface area contributed by atoms with Crippen molar-refractivity contribution in [3.05, 3.63) is 182 Å². The zero-order chi connectivity index (χ0) is 33.0. The van der Waals surface area contributed by atoms with Gasteiger partial charge in [-0.1, -0.05) is 12.1 Å². The number of benzene rings is 8. The summed E-state index contributed by atoms with van der Waals surface area (Å²) in [5.41, 5.74) is 8.28. The topological polar surface area (TPSA) is 19.6 Å². The van der Waals surface area contributed by atoms with Crippen LogP contribution < -0.4 is 9.80 Å². The summed E-state index contributed by atoms with van der Waals surface area (Å²) in [6.07, 6.45) is 0. The van der Waals surface area contributed by atoms with E-state index in [0.29, 0.717) is 0 Å². The second kappa shape index (κ2) is 11.8. The van der Waals surface area contributed by atoms with Gasteiger partial charge in [-0.25, -0.2) is 0 Å². The average Bonchev–Trinajstić information content (AvgIpc) is 3.75. The summed E-state index contributed by atoms with van der Waals surface area (Å²) in [5.74, 6) is 0. The number of anilines is 6. The molecule has 10 aromatic rings. The number of nitrogens with zero attached hydrogens (tertiary/aromatic N) is 2. The van der Waals surface area contributed by atoms with Crippen molar-refractivity contribution in [2.24, 2.45) is 0 Å². The third kappa shape index (κ3) is 4.81. The summed E-state index contributed by atoms with van der Waals surface area (Å²) in [5, 5.41) is 7.57. The number of fused-ring (bicyclic) bond motifs is 8. The summed E-state index contributed by atoms with van der Waals surface area (Å²) < 4.78 is 9.34. The minimum atomic E-state index is 0.244. The van der Waals surface area contributed by atoms with Crippen LogP contribution in [0.2, 0.25) is 0 Å². The fourth-order valence-corrected chi connectivity index (χ4v) is 9.88. The van der Waals surface area contributed by atoms with E-state index >= 15 is 0 Å². The summed E-state index contributed by atoms with van der Waals surface area (Å²) >= 11 is 0.244. The Hall–Kier alpha value is -6.06. The Morgan fingerprint density at radius 2 is 0.880 bits per heavy atom. The molecule has 0 radical (unpaired) electrons. The van der Waals surface area contributed by atoms with Crippen molar-refractivity contribution in [2.45, 2.75) is 0 Å². The van der Waals surface area contributed by atoms with Gasteiger partial charge in [0.2, 0.25) is 0 Å². The van der Waals surface area contributed by atoms with E-state index in [4.69, 9.17) is 4.42 Å². The molecule has 3 nitrogen and oxygen atoms in total. The van der Waals surface area contributed by atoms with E-state index in [-0.39, 0.29) is 14.5 Å². The molecule has 0 saturated carbocycles. The molecule has 50 heavy (non-hydrogen) atoms. The first-order valence-electron chi connectivity index (χ1n) is 16.8. The molecule has 0 aliphatic rings. The van der Waals surface area contributed by atoms with E-state index in [1.165, 1.54) is 30.1 Å². The molecule has 0 bridgehead atoms. The fraction of sp³-hybridized carbons (Fsp3) is 0. The van der Waals surface area contributed by atoms with Gasteiger partial charge in [-0.05, 0) is 0 Å². The number of hydrogen-bond acceptors (Lipinski definition) is 3. The van der Waals surface area contributed by atoms with Gasteiger partial charge in [0.05, 0.1) is 0 Å². The van der Waals surface area contributed by atoms with Crippen molar-refractivity contribution in [2.75, 3.05) is 9.80 Å². The summed E-state index contributed by atoms with van der Waals surface area (Å²) in [7, 11) is 0. The first-order chi connectivity index (χ1) is 24.8. The Morgan fingerprint density at radius 3 is 1.66 bits per heavy atom. The molecule has 0 aliphatic heterocycles. The molecular weight excluding hydrogens is 675 g/mol. The predicted octanol–water partition coefficient (Wildman–Crippen LogP) is 13.0. The Kier molecular flexibility index (Phi) is 6.83. The number of furan rings is 1. The van der Waals surface area contributed by atoms with Crippen LogP contribution >= 0.6 is 0 Å². The van der Waals surface area contributed by atoms with Crippen LogP contribution in [-0.2, 0) is 0 Å². The first kappa shape index (κ1) is 28.9. The van der Waals surface area contributed by atoms with Crippen LogP contribution in [0.4, 0.5) is 34.1 Å². The van der Waals surface area contributed by atoms with E-state index in [2.05, 4.69) is 180 Å². The molecule has 4 heteroatoms. The molecule has 236 valence electrons. The summed E-state index contributed by atoms with van der Waals surface area (Å²) in [6.45, 7) is 0. The van der Waals surface area contributed by atoms with Crippen LogP contribution in [0.15, 0.2) is 186 Å². The van der Waals surface area contributed by atoms with E-state index in [0.717, 1.165) is 56.1 Å². The second-order valence-corrected chi connectivity index (χ2v) is 14.8. The molecule has 0 fully saturated rings. The monoisotopic (exact) mass is 706 g/mol. The van der Waals surface area contributed by atoms with Crippen molar-refractivity contribution in [1.82, 2.24) is 0 Å². The van der Waals surface area contributed by atoms with Crippen molar-refractivity contribution in [3.8, 4) is 0 Å². The fourth-order valence-electron chi connectivity index (χ4n) is 7.30. The standard InChI is InChI=1S/C46H30N2OSe/c1-3-12-32(13-4-1)47(33-14-5-2-6-15-33)34-16-11-17-35(28-34)48(37-25-27-39-38-18-7-9-20-43(38)49-44(39)30-37)36-24-22-31-23-26-41-40-19-8-10-21-45(40)50-46(41)42(31)29-36/h1-30H. The average molecular weight is 706 g/mol. The molecule has 0 aliphatic carbocycles. The SMILES string of the molecule is c1ccc(N(c2ccccc2)c2cccc(N(c3ccc4c(c3)oc3ccccc34)c3ccc4ccc5c6ccccc6[se]c5c4c3)c2)cc1. The molecule has 0 amide bonds. The van der Waals surface area contributed by atoms with Crippen molar-refractivity contribution in [1.29, 1.82) is 0 Å².